The van der Waals surface area contributed by atoms with Gasteiger partial charge in [0.1, 0.15) is 10.7 Å². The molecule has 1 N–H and O–H groups in total. The maximum Gasteiger partial charge on any atom is 0.270 e. The van der Waals surface area contributed by atoms with Gasteiger partial charge in [-0.15, -0.1) is 0 Å². The zero-order valence-electron chi connectivity index (χ0n) is 14.7. The molecule has 1 aromatic heterocycles. The lowest BCUT2D eigenvalue weighted by Crippen LogP contribution is -2.42. The molecular formula is C17H18ClN3O6S. The van der Waals surface area contributed by atoms with Gasteiger partial charge in [0.15, 0.2) is 0 Å². The first kappa shape index (κ1) is 20.3. The number of nitrogens with one attached hydrogen (secondary N) is 1. The number of nitro groups is 1. The molecule has 1 aliphatic rings. The Labute approximate surface area is 166 Å². The second kappa shape index (κ2) is 8.29. The van der Waals surface area contributed by atoms with Crippen LogP contribution in [0.4, 0.5) is 5.69 Å². The van der Waals surface area contributed by atoms with E-state index in [2.05, 4.69) is 5.32 Å². The molecule has 11 heteroatoms. The molecule has 0 radical (unpaired) electrons. The fourth-order valence-electron chi connectivity index (χ4n) is 3.03. The van der Waals surface area contributed by atoms with E-state index in [0.29, 0.717) is 18.6 Å². The number of hydrogen-bond donors (Lipinski definition) is 1. The van der Waals surface area contributed by atoms with E-state index < -0.39 is 14.9 Å². The van der Waals surface area contributed by atoms with Crippen LogP contribution in [-0.2, 0) is 21.4 Å². The normalized spacial score (nSPS) is 16.0. The predicted octanol–water partition coefficient (Wildman–Crippen LogP) is 2.56. The molecule has 0 saturated carbocycles. The second-order valence-corrected chi connectivity index (χ2v) is 8.66. The number of non-ortho nitro benzene ring substituents is 1. The number of piperidine rings is 1. The van der Waals surface area contributed by atoms with E-state index in [0.717, 1.165) is 12.1 Å². The van der Waals surface area contributed by atoms with E-state index >= 15 is 0 Å². The molecule has 0 bridgehead atoms. The van der Waals surface area contributed by atoms with E-state index in [1.165, 1.54) is 16.6 Å². The van der Waals surface area contributed by atoms with Crippen LogP contribution in [0.1, 0.15) is 18.6 Å². The molecule has 28 heavy (non-hydrogen) atoms. The summed E-state index contributed by atoms with van der Waals surface area (Å²) in [5, 5.41) is 13.6. The van der Waals surface area contributed by atoms with Crippen molar-refractivity contribution in [2.24, 2.45) is 5.92 Å². The average Bonchev–Trinajstić information content (AvgIpc) is 3.20. The Morgan fingerprint density at radius 1 is 1.32 bits per heavy atom. The SMILES string of the molecule is O=C(NCc1ccco1)C1CCN(S(=O)(=O)c2cc([N+](=O)[O-])ccc2Cl)CC1. The van der Waals surface area contributed by atoms with Crippen molar-refractivity contribution in [3.05, 3.63) is 57.5 Å². The summed E-state index contributed by atoms with van der Waals surface area (Å²) >= 11 is 5.97. The van der Waals surface area contributed by atoms with Gasteiger partial charge in [0.2, 0.25) is 15.9 Å². The molecule has 1 amide bonds. The minimum Gasteiger partial charge on any atom is -0.467 e. The van der Waals surface area contributed by atoms with Gasteiger partial charge in [0.25, 0.3) is 5.69 Å². The van der Waals surface area contributed by atoms with Crippen LogP contribution >= 0.6 is 11.6 Å². The van der Waals surface area contributed by atoms with E-state index in [9.17, 15) is 23.3 Å². The molecule has 0 aliphatic carbocycles. The molecule has 0 atom stereocenters. The van der Waals surface area contributed by atoms with Crippen LogP contribution in [0.5, 0.6) is 0 Å². The standard InChI is InChI=1S/C17H18ClN3O6S/c18-15-4-3-13(21(23)24)10-16(15)28(25,26)20-7-5-12(6-8-20)17(22)19-11-14-2-1-9-27-14/h1-4,9-10,12H,5-8,11H2,(H,19,22). The highest BCUT2D eigenvalue weighted by Crippen LogP contribution is 2.31. The monoisotopic (exact) mass is 427 g/mol. The molecule has 9 nitrogen and oxygen atoms in total. The van der Waals surface area contributed by atoms with Gasteiger partial charge >= 0.3 is 0 Å². The maximum atomic E-state index is 12.8. The number of carbonyl (C=O) groups is 1. The molecule has 150 valence electrons. The van der Waals surface area contributed by atoms with Crippen molar-refractivity contribution in [2.75, 3.05) is 13.1 Å². The van der Waals surface area contributed by atoms with Crippen molar-refractivity contribution < 1.29 is 22.6 Å². The highest BCUT2D eigenvalue weighted by atomic mass is 35.5. The number of sulfonamides is 1. The molecule has 1 fully saturated rings. The number of halogens is 1. The van der Waals surface area contributed by atoms with Crippen molar-refractivity contribution in [3.8, 4) is 0 Å². The summed E-state index contributed by atoms with van der Waals surface area (Å²) < 4.78 is 32.1. The largest absolute Gasteiger partial charge is 0.467 e. The summed E-state index contributed by atoms with van der Waals surface area (Å²) in [6.45, 7) is 0.522. The third-order valence-corrected chi connectivity index (χ3v) is 6.97. The van der Waals surface area contributed by atoms with Gasteiger partial charge in [-0.1, -0.05) is 11.6 Å². The summed E-state index contributed by atoms with van der Waals surface area (Å²) in [5.41, 5.74) is -0.352. The van der Waals surface area contributed by atoms with Crippen LogP contribution in [0, 0.1) is 16.0 Å². The molecule has 1 aromatic carbocycles. The van der Waals surface area contributed by atoms with Crippen LogP contribution in [0.25, 0.3) is 0 Å². The zero-order chi connectivity index (χ0) is 20.3. The molecular weight excluding hydrogens is 410 g/mol. The molecule has 2 heterocycles. The summed E-state index contributed by atoms with van der Waals surface area (Å²) in [4.78, 5) is 22.2. The minimum absolute atomic E-state index is 0.0797. The van der Waals surface area contributed by atoms with Gasteiger partial charge in [-0.05, 0) is 31.0 Å². The van der Waals surface area contributed by atoms with Crippen molar-refractivity contribution in [3.63, 3.8) is 0 Å². The Hall–Kier alpha value is -2.43. The van der Waals surface area contributed by atoms with Gasteiger partial charge in [-0.2, -0.15) is 4.31 Å². The highest BCUT2D eigenvalue weighted by molar-refractivity contribution is 7.89. The number of nitro benzene ring substituents is 1. The number of hydrogen-bond acceptors (Lipinski definition) is 6. The van der Waals surface area contributed by atoms with Crippen molar-refractivity contribution in [1.82, 2.24) is 9.62 Å². The molecule has 1 saturated heterocycles. The number of furan rings is 1. The Kier molecular flexibility index (Phi) is 6.01. The number of nitrogens with zero attached hydrogens (tertiary/aromatic N) is 2. The van der Waals surface area contributed by atoms with Gasteiger partial charge < -0.3 is 9.73 Å². The molecule has 2 aromatic rings. The summed E-state index contributed by atoms with van der Waals surface area (Å²) in [6.07, 6.45) is 2.20. The number of amides is 1. The van der Waals surface area contributed by atoms with Crippen LogP contribution in [0.2, 0.25) is 5.02 Å². The van der Waals surface area contributed by atoms with Crippen molar-refractivity contribution in [2.45, 2.75) is 24.3 Å². The summed E-state index contributed by atoms with van der Waals surface area (Å²) in [6, 6.07) is 6.78. The quantitative estimate of drug-likeness (QED) is 0.558. The minimum atomic E-state index is -4.00. The number of rotatable bonds is 6. The van der Waals surface area contributed by atoms with Crippen LogP contribution in [0.3, 0.4) is 0 Å². The first-order valence-corrected chi connectivity index (χ1v) is 10.3. The first-order valence-electron chi connectivity index (χ1n) is 8.53. The highest BCUT2D eigenvalue weighted by Gasteiger charge is 2.34. The Morgan fingerprint density at radius 2 is 2.04 bits per heavy atom. The number of carbonyl (C=O) groups excluding carboxylic acids is 1. The third-order valence-electron chi connectivity index (χ3n) is 4.59. The van der Waals surface area contributed by atoms with Crippen LogP contribution in [0.15, 0.2) is 45.9 Å². The van der Waals surface area contributed by atoms with E-state index in [4.69, 9.17) is 16.0 Å². The topological polar surface area (TPSA) is 123 Å². The molecule has 1 aliphatic heterocycles. The Bertz CT molecular complexity index is 969. The lowest BCUT2D eigenvalue weighted by atomic mass is 9.97. The van der Waals surface area contributed by atoms with Crippen molar-refractivity contribution >= 4 is 33.2 Å². The Morgan fingerprint density at radius 3 is 2.64 bits per heavy atom. The van der Waals surface area contributed by atoms with Gasteiger partial charge in [0.05, 0.1) is 22.8 Å². The zero-order valence-corrected chi connectivity index (χ0v) is 16.3. The number of benzene rings is 1. The second-order valence-electron chi connectivity index (χ2n) is 6.35. The first-order chi connectivity index (χ1) is 13.3. The van der Waals surface area contributed by atoms with E-state index in [1.54, 1.807) is 12.1 Å². The lowest BCUT2D eigenvalue weighted by Gasteiger charge is -2.30. The van der Waals surface area contributed by atoms with Gasteiger partial charge in [-0.3, -0.25) is 14.9 Å². The van der Waals surface area contributed by atoms with Gasteiger partial charge in [0, 0.05) is 31.1 Å². The Balaban J connectivity index is 1.64. The average molecular weight is 428 g/mol. The molecule has 3 rings (SSSR count). The fraction of sp³-hybridized carbons (Fsp3) is 0.353. The summed E-state index contributed by atoms with van der Waals surface area (Å²) in [5.74, 6) is 0.150. The van der Waals surface area contributed by atoms with Gasteiger partial charge in [-0.25, -0.2) is 8.42 Å². The van der Waals surface area contributed by atoms with Crippen LogP contribution in [-0.4, -0.2) is 36.6 Å². The van der Waals surface area contributed by atoms with Crippen LogP contribution < -0.4 is 5.32 Å². The molecule has 0 unspecified atom stereocenters. The fourth-order valence-corrected chi connectivity index (χ4v) is 5.00. The van der Waals surface area contributed by atoms with E-state index in [1.807, 2.05) is 0 Å². The lowest BCUT2D eigenvalue weighted by molar-refractivity contribution is -0.385. The third kappa shape index (κ3) is 4.34. The van der Waals surface area contributed by atoms with E-state index in [-0.39, 0.29) is 47.1 Å². The van der Waals surface area contributed by atoms with Crippen molar-refractivity contribution in [1.29, 1.82) is 0 Å². The maximum absolute atomic E-state index is 12.8. The molecule has 0 spiro atoms. The summed E-state index contributed by atoms with van der Waals surface area (Å²) in [7, 11) is -4.00. The predicted molar refractivity (Wildman–Crippen MR) is 100 cm³/mol. The smallest absolute Gasteiger partial charge is 0.270 e.